The van der Waals surface area contributed by atoms with Crippen LogP contribution in [-0.2, 0) is 0 Å². The number of nitrogens with one attached hydrogen (secondary N) is 2. The molecule has 1 aromatic carbocycles. The van der Waals surface area contributed by atoms with E-state index in [1.165, 1.54) is 0 Å². The molecule has 2 N–H and O–H groups in total. The van der Waals surface area contributed by atoms with Crippen LogP contribution in [0.4, 0.5) is 11.5 Å². The van der Waals surface area contributed by atoms with Gasteiger partial charge in [0.05, 0.1) is 12.3 Å². The van der Waals surface area contributed by atoms with Crippen LogP contribution in [0.25, 0.3) is 0 Å². The van der Waals surface area contributed by atoms with Gasteiger partial charge < -0.3 is 15.4 Å². The summed E-state index contributed by atoms with van der Waals surface area (Å²) in [5, 5.41) is 6.12. The van der Waals surface area contributed by atoms with E-state index in [1.54, 1.807) is 13.0 Å². The fraction of sp³-hybridized carbons (Fsp3) is 0.421. The molecule has 0 saturated heterocycles. The maximum atomic E-state index is 12.3. The number of carbonyl (C=O) groups excluding carboxylic acids is 1. The summed E-state index contributed by atoms with van der Waals surface area (Å²) >= 11 is 0. The van der Waals surface area contributed by atoms with Crippen LogP contribution in [0.15, 0.2) is 30.3 Å². The topological polar surface area (TPSA) is 76.1 Å². The Bertz CT molecular complexity index is 704. The Labute approximate surface area is 149 Å². The number of hydrogen-bond donors (Lipinski definition) is 2. The van der Waals surface area contributed by atoms with Crippen LogP contribution in [0.2, 0.25) is 0 Å². The second-order valence-electron chi connectivity index (χ2n) is 5.70. The number of benzene rings is 1. The van der Waals surface area contributed by atoms with Crippen molar-refractivity contribution in [2.24, 2.45) is 0 Å². The maximum Gasteiger partial charge on any atom is 0.270 e. The summed E-state index contributed by atoms with van der Waals surface area (Å²) in [6, 6.07) is 9.29. The van der Waals surface area contributed by atoms with Crippen molar-refractivity contribution in [2.75, 3.05) is 18.5 Å². The van der Waals surface area contributed by atoms with E-state index in [9.17, 15) is 4.79 Å². The van der Waals surface area contributed by atoms with Crippen LogP contribution >= 0.6 is 0 Å². The number of amides is 1. The number of ether oxygens (including phenoxy) is 1. The lowest BCUT2D eigenvalue weighted by Gasteiger charge is -2.12. The van der Waals surface area contributed by atoms with Crippen LogP contribution in [0.1, 0.15) is 49.4 Å². The molecule has 0 saturated carbocycles. The molecule has 6 nitrogen and oxygen atoms in total. The SMILES string of the molecule is CCCCCNC(=O)c1cc(Nc2ccccc2OCC)nc(C)n1. The molecule has 1 aromatic heterocycles. The van der Waals surface area contributed by atoms with Crippen LogP contribution in [0, 0.1) is 6.92 Å². The normalized spacial score (nSPS) is 10.4. The van der Waals surface area contributed by atoms with Gasteiger partial charge in [0.1, 0.15) is 23.1 Å². The van der Waals surface area contributed by atoms with Gasteiger partial charge in [-0.1, -0.05) is 31.9 Å². The minimum Gasteiger partial charge on any atom is -0.492 e. The summed E-state index contributed by atoms with van der Waals surface area (Å²) < 4.78 is 5.61. The number of anilines is 2. The summed E-state index contributed by atoms with van der Waals surface area (Å²) in [5.41, 5.74) is 1.16. The van der Waals surface area contributed by atoms with Crippen molar-refractivity contribution in [1.29, 1.82) is 0 Å². The lowest BCUT2D eigenvalue weighted by Crippen LogP contribution is -2.25. The third-order valence-electron chi connectivity index (χ3n) is 3.59. The van der Waals surface area contributed by atoms with Crippen molar-refractivity contribution < 1.29 is 9.53 Å². The van der Waals surface area contributed by atoms with Crippen molar-refractivity contribution in [3.05, 3.63) is 41.9 Å². The van der Waals surface area contributed by atoms with E-state index in [0.717, 1.165) is 30.7 Å². The first-order valence-corrected chi connectivity index (χ1v) is 8.76. The summed E-state index contributed by atoms with van der Waals surface area (Å²) in [6.45, 7) is 7.08. The zero-order valence-corrected chi connectivity index (χ0v) is 15.1. The third kappa shape index (κ3) is 5.74. The molecule has 1 heterocycles. The summed E-state index contributed by atoms with van der Waals surface area (Å²) in [7, 11) is 0. The minimum atomic E-state index is -0.178. The van der Waals surface area contributed by atoms with Crippen LogP contribution < -0.4 is 15.4 Å². The van der Waals surface area contributed by atoms with Crippen molar-refractivity contribution in [3.8, 4) is 5.75 Å². The summed E-state index contributed by atoms with van der Waals surface area (Å²) in [4.78, 5) is 20.9. The summed E-state index contributed by atoms with van der Waals surface area (Å²) in [5.74, 6) is 1.67. The Morgan fingerprint density at radius 3 is 2.72 bits per heavy atom. The fourth-order valence-corrected chi connectivity index (χ4v) is 2.40. The lowest BCUT2D eigenvalue weighted by molar-refractivity contribution is 0.0947. The highest BCUT2D eigenvalue weighted by Gasteiger charge is 2.11. The van der Waals surface area contributed by atoms with Crippen molar-refractivity contribution in [3.63, 3.8) is 0 Å². The van der Waals surface area contributed by atoms with Gasteiger partial charge in [0.2, 0.25) is 0 Å². The van der Waals surface area contributed by atoms with Crippen molar-refractivity contribution in [2.45, 2.75) is 40.0 Å². The molecule has 0 atom stereocenters. The second kappa shape index (κ2) is 9.61. The Balaban J connectivity index is 2.12. The predicted molar refractivity (Wildman–Crippen MR) is 99.5 cm³/mol. The molecule has 0 radical (unpaired) electrons. The van der Waals surface area contributed by atoms with E-state index in [0.29, 0.717) is 30.5 Å². The number of unbranched alkanes of at least 4 members (excludes halogenated alkanes) is 2. The van der Waals surface area contributed by atoms with Crippen molar-refractivity contribution >= 4 is 17.4 Å². The number of aryl methyl sites for hydroxylation is 1. The lowest BCUT2D eigenvalue weighted by atomic mass is 10.2. The second-order valence-corrected chi connectivity index (χ2v) is 5.70. The van der Waals surface area contributed by atoms with Gasteiger partial charge in [0.15, 0.2) is 0 Å². The molecule has 0 aliphatic carbocycles. The average molecular weight is 342 g/mol. The Morgan fingerprint density at radius 2 is 1.96 bits per heavy atom. The van der Waals surface area contributed by atoms with Gasteiger partial charge >= 0.3 is 0 Å². The first-order chi connectivity index (χ1) is 12.1. The van der Waals surface area contributed by atoms with E-state index in [-0.39, 0.29) is 5.91 Å². The highest BCUT2D eigenvalue weighted by molar-refractivity contribution is 5.93. The zero-order valence-electron chi connectivity index (χ0n) is 15.1. The monoisotopic (exact) mass is 342 g/mol. The van der Waals surface area contributed by atoms with E-state index < -0.39 is 0 Å². The number of nitrogens with zero attached hydrogens (tertiary/aromatic N) is 2. The molecule has 134 valence electrons. The fourth-order valence-electron chi connectivity index (χ4n) is 2.40. The van der Waals surface area contributed by atoms with E-state index in [2.05, 4.69) is 27.5 Å². The molecule has 0 fully saturated rings. The maximum absolute atomic E-state index is 12.3. The standard InChI is InChI=1S/C19H26N4O2/c1-4-6-9-12-20-19(24)16-13-18(22-14(3)21-16)23-15-10-7-8-11-17(15)25-5-2/h7-8,10-11,13H,4-6,9,12H2,1-3H3,(H,20,24)(H,21,22,23). The summed E-state index contributed by atoms with van der Waals surface area (Å²) in [6.07, 6.45) is 3.19. The first kappa shape index (κ1) is 18.7. The van der Waals surface area contributed by atoms with E-state index >= 15 is 0 Å². The van der Waals surface area contributed by atoms with Gasteiger partial charge in [-0.15, -0.1) is 0 Å². The molecule has 0 aliphatic rings. The van der Waals surface area contributed by atoms with Crippen molar-refractivity contribution in [1.82, 2.24) is 15.3 Å². The molecular formula is C19H26N4O2. The van der Waals surface area contributed by atoms with Gasteiger partial charge in [0.25, 0.3) is 5.91 Å². The molecular weight excluding hydrogens is 316 g/mol. The molecule has 0 bridgehead atoms. The zero-order chi connectivity index (χ0) is 18.1. The van der Waals surface area contributed by atoms with Gasteiger partial charge in [-0.2, -0.15) is 0 Å². The number of rotatable bonds is 9. The van der Waals surface area contributed by atoms with Gasteiger partial charge in [-0.05, 0) is 32.4 Å². The molecule has 2 aromatic rings. The minimum absolute atomic E-state index is 0.178. The Hall–Kier alpha value is -2.63. The quantitative estimate of drug-likeness (QED) is 0.677. The highest BCUT2D eigenvalue weighted by atomic mass is 16.5. The molecule has 0 spiro atoms. The first-order valence-electron chi connectivity index (χ1n) is 8.76. The molecule has 6 heteroatoms. The third-order valence-corrected chi connectivity index (χ3v) is 3.59. The molecule has 0 aliphatic heterocycles. The number of carbonyl (C=O) groups is 1. The van der Waals surface area contributed by atoms with E-state index in [4.69, 9.17) is 4.74 Å². The van der Waals surface area contributed by atoms with E-state index in [1.807, 2.05) is 31.2 Å². The molecule has 0 unspecified atom stereocenters. The van der Waals surface area contributed by atoms with Crippen LogP contribution in [0.3, 0.4) is 0 Å². The van der Waals surface area contributed by atoms with Gasteiger partial charge in [0, 0.05) is 12.6 Å². The predicted octanol–water partition coefficient (Wildman–Crippen LogP) is 3.85. The number of hydrogen-bond acceptors (Lipinski definition) is 5. The Kier molecular flexibility index (Phi) is 7.19. The van der Waals surface area contributed by atoms with Crippen LogP contribution in [-0.4, -0.2) is 29.0 Å². The number of para-hydroxylation sites is 2. The largest absolute Gasteiger partial charge is 0.492 e. The molecule has 2 rings (SSSR count). The average Bonchev–Trinajstić information content (AvgIpc) is 2.60. The smallest absolute Gasteiger partial charge is 0.270 e. The number of aromatic nitrogens is 2. The molecule has 25 heavy (non-hydrogen) atoms. The van der Waals surface area contributed by atoms with Crippen LogP contribution in [0.5, 0.6) is 5.75 Å². The van der Waals surface area contributed by atoms with Gasteiger partial charge in [-0.3, -0.25) is 4.79 Å². The Morgan fingerprint density at radius 1 is 1.16 bits per heavy atom. The van der Waals surface area contributed by atoms with Gasteiger partial charge in [-0.25, -0.2) is 9.97 Å². The molecule has 1 amide bonds. The highest BCUT2D eigenvalue weighted by Crippen LogP contribution is 2.26.